The van der Waals surface area contributed by atoms with E-state index in [-0.39, 0.29) is 47.2 Å². The molecule has 1 heterocycles. The van der Waals surface area contributed by atoms with Gasteiger partial charge in [-0.25, -0.2) is 0 Å². The molecule has 1 aliphatic heterocycles. The number of amides is 1. The lowest BCUT2D eigenvalue weighted by Crippen LogP contribution is -2.48. The van der Waals surface area contributed by atoms with E-state index in [1.54, 1.807) is 0 Å². The summed E-state index contributed by atoms with van der Waals surface area (Å²) >= 11 is 0. The lowest BCUT2D eigenvalue weighted by molar-refractivity contribution is -0.0526. The highest BCUT2D eigenvalue weighted by Gasteiger charge is 2.25. The van der Waals surface area contributed by atoms with Crippen LogP contribution in [0.4, 0.5) is 8.78 Å². The highest BCUT2D eigenvalue weighted by atomic mass is 35.5. The predicted molar refractivity (Wildman–Crippen MR) is 91.3 cm³/mol. The minimum absolute atomic E-state index is 0. The van der Waals surface area contributed by atoms with Crippen molar-refractivity contribution in [3.05, 3.63) is 17.7 Å². The molecule has 0 radical (unpaired) electrons. The van der Waals surface area contributed by atoms with Crippen LogP contribution in [0, 0.1) is 5.92 Å². The van der Waals surface area contributed by atoms with Crippen molar-refractivity contribution in [2.75, 3.05) is 27.3 Å². The van der Waals surface area contributed by atoms with Crippen molar-refractivity contribution >= 4 is 18.3 Å². The van der Waals surface area contributed by atoms with E-state index >= 15 is 0 Å². The first kappa shape index (κ1) is 21.2. The molecule has 0 saturated carbocycles. The fraction of sp³-hybridized carbons (Fsp3) is 0.562. The van der Waals surface area contributed by atoms with Crippen LogP contribution in [0.5, 0.6) is 17.2 Å². The second kappa shape index (κ2) is 9.62. The maximum atomic E-state index is 12.5. The molecule has 6 nitrogen and oxygen atoms in total. The number of piperidine rings is 1. The molecule has 1 aromatic carbocycles. The zero-order valence-electron chi connectivity index (χ0n) is 14.3. The quantitative estimate of drug-likeness (QED) is 0.793. The number of alkyl halides is 2. The van der Waals surface area contributed by atoms with Crippen LogP contribution in [0.3, 0.4) is 0 Å². The minimum atomic E-state index is -3.02. The summed E-state index contributed by atoms with van der Waals surface area (Å²) in [7, 11) is 2.62. The Hall–Kier alpha value is -1.80. The molecule has 0 bridgehead atoms. The summed E-state index contributed by atoms with van der Waals surface area (Å²) in [6.45, 7) is 0.697. The van der Waals surface area contributed by atoms with Crippen LogP contribution in [0.15, 0.2) is 12.1 Å². The summed E-state index contributed by atoms with van der Waals surface area (Å²) in [5.74, 6) is -0.222. The fourth-order valence-electron chi connectivity index (χ4n) is 2.70. The molecule has 142 valence electrons. The second-order valence-corrected chi connectivity index (χ2v) is 5.64. The number of nitrogens with one attached hydrogen (secondary N) is 2. The largest absolute Gasteiger partial charge is 0.493 e. The second-order valence-electron chi connectivity index (χ2n) is 5.64. The molecule has 1 saturated heterocycles. The van der Waals surface area contributed by atoms with Crippen LogP contribution >= 0.6 is 12.4 Å². The molecule has 25 heavy (non-hydrogen) atoms. The third-order valence-electron chi connectivity index (χ3n) is 4.03. The van der Waals surface area contributed by atoms with Gasteiger partial charge in [0.15, 0.2) is 11.5 Å². The van der Waals surface area contributed by atoms with Gasteiger partial charge in [-0.15, -0.1) is 12.4 Å². The molecule has 1 fully saturated rings. The van der Waals surface area contributed by atoms with Crippen molar-refractivity contribution in [2.45, 2.75) is 26.0 Å². The van der Waals surface area contributed by atoms with Gasteiger partial charge in [0.05, 0.1) is 14.2 Å². The molecular weight excluding hydrogens is 358 g/mol. The molecule has 2 unspecified atom stereocenters. The Bertz CT molecular complexity index is 564. The predicted octanol–water partition coefficient (Wildman–Crippen LogP) is 2.45. The van der Waals surface area contributed by atoms with Crippen LogP contribution < -0.4 is 24.8 Å². The first-order valence-electron chi connectivity index (χ1n) is 7.68. The van der Waals surface area contributed by atoms with Crippen molar-refractivity contribution in [1.29, 1.82) is 0 Å². The number of hydrogen-bond acceptors (Lipinski definition) is 5. The van der Waals surface area contributed by atoms with Crippen molar-refractivity contribution in [1.82, 2.24) is 10.6 Å². The zero-order valence-corrected chi connectivity index (χ0v) is 15.1. The van der Waals surface area contributed by atoms with E-state index in [0.29, 0.717) is 5.92 Å². The van der Waals surface area contributed by atoms with Gasteiger partial charge in [0.25, 0.3) is 5.91 Å². The third-order valence-corrected chi connectivity index (χ3v) is 4.03. The molecule has 0 aromatic heterocycles. The normalized spacial score (nSPS) is 19.8. The van der Waals surface area contributed by atoms with Crippen LogP contribution in [0.25, 0.3) is 0 Å². The lowest BCUT2D eigenvalue weighted by atomic mass is 9.95. The highest BCUT2D eigenvalue weighted by Crippen LogP contribution is 2.39. The Morgan fingerprint density at radius 1 is 1.28 bits per heavy atom. The van der Waals surface area contributed by atoms with E-state index in [0.717, 1.165) is 19.5 Å². The summed E-state index contributed by atoms with van der Waals surface area (Å²) < 4.78 is 39.7. The standard InChI is InChI=1S/C16H22F2N2O4.ClH/c1-9-8-19-5-4-11(9)20-15(21)10-6-12(22-2)14(24-16(17)18)13(7-10)23-3;/h6-7,9,11,16,19H,4-5,8H2,1-3H3,(H,20,21);1H. The van der Waals surface area contributed by atoms with Crippen LogP contribution in [-0.4, -0.2) is 45.9 Å². The Labute approximate surface area is 151 Å². The molecule has 2 atom stereocenters. The van der Waals surface area contributed by atoms with Gasteiger partial charge in [-0.3, -0.25) is 4.79 Å². The molecule has 2 N–H and O–H groups in total. The number of benzene rings is 1. The first-order valence-corrected chi connectivity index (χ1v) is 7.68. The van der Waals surface area contributed by atoms with Gasteiger partial charge in [-0.2, -0.15) is 8.78 Å². The zero-order chi connectivity index (χ0) is 17.7. The topological polar surface area (TPSA) is 68.8 Å². The van der Waals surface area contributed by atoms with Crippen molar-refractivity contribution in [2.24, 2.45) is 5.92 Å². The number of rotatable bonds is 6. The van der Waals surface area contributed by atoms with Crippen LogP contribution in [0.1, 0.15) is 23.7 Å². The van der Waals surface area contributed by atoms with Crippen LogP contribution in [0.2, 0.25) is 0 Å². The number of ether oxygens (including phenoxy) is 3. The summed E-state index contributed by atoms with van der Waals surface area (Å²) in [6.07, 6.45) is 0.827. The maximum absolute atomic E-state index is 12.5. The van der Waals surface area contributed by atoms with Crippen LogP contribution in [-0.2, 0) is 0 Å². The Morgan fingerprint density at radius 2 is 1.88 bits per heavy atom. The number of methoxy groups -OCH3 is 2. The summed E-state index contributed by atoms with van der Waals surface area (Å²) in [5, 5.41) is 6.23. The van der Waals surface area contributed by atoms with Gasteiger partial charge in [-0.1, -0.05) is 6.92 Å². The minimum Gasteiger partial charge on any atom is -0.493 e. The van der Waals surface area contributed by atoms with Crippen molar-refractivity contribution < 1.29 is 27.8 Å². The lowest BCUT2D eigenvalue weighted by Gasteiger charge is -2.30. The number of halogens is 3. The van der Waals surface area contributed by atoms with Gasteiger partial charge >= 0.3 is 6.61 Å². The Morgan fingerprint density at radius 3 is 2.36 bits per heavy atom. The SMILES string of the molecule is COc1cc(C(=O)NC2CCNCC2C)cc(OC)c1OC(F)F.Cl. The summed E-state index contributed by atoms with van der Waals surface area (Å²) in [6, 6.07) is 2.77. The van der Waals surface area contributed by atoms with Gasteiger partial charge in [-0.05, 0) is 37.6 Å². The maximum Gasteiger partial charge on any atom is 0.387 e. The molecule has 1 amide bonds. The molecule has 9 heteroatoms. The molecular formula is C16H23ClF2N2O4. The van der Waals surface area contributed by atoms with Gasteiger partial charge < -0.3 is 24.8 Å². The van der Waals surface area contributed by atoms with Gasteiger partial charge in [0.2, 0.25) is 5.75 Å². The number of carbonyl (C=O) groups is 1. The smallest absolute Gasteiger partial charge is 0.387 e. The van der Waals surface area contributed by atoms with Gasteiger partial charge in [0.1, 0.15) is 0 Å². The van der Waals surface area contributed by atoms with Crippen molar-refractivity contribution in [3.8, 4) is 17.2 Å². The highest BCUT2D eigenvalue weighted by molar-refractivity contribution is 5.95. The van der Waals surface area contributed by atoms with E-state index in [9.17, 15) is 13.6 Å². The van der Waals surface area contributed by atoms with E-state index in [2.05, 4.69) is 22.3 Å². The molecule has 0 aliphatic carbocycles. The average molecular weight is 381 g/mol. The number of carbonyl (C=O) groups excluding carboxylic acids is 1. The first-order chi connectivity index (χ1) is 11.5. The van der Waals surface area contributed by atoms with E-state index in [1.807, 2.05) is 0 Å². The Balaban J connectivity index is 0.00000312. The summed E-state index contributed by atoms with van der Waals surface area (Å²) in [5.41, 5.74) is 0.260. The van der Waals surface area contributed by atoms with Gasteiger partial charge in [0, 0.05) is 11.6 Å². The number of hydrogen-bond donors (Lipinski definition) is 2. The average Bonchev–Trinajstić information content (AvgIpc) is 2.56. The fourth-order valence-corrected chi connectivity index (χ4v) is 2.70. The van der Waals surface area contributed by atoms with Crippen molar-refractivity contribution in [3.63, 3.8) is 0 Å². The summed E-state index contributed by atoms with van der Waals surface area (Å²) in [4.78, 5) is 12.5. The van der Waals surface area contributed by atoms with E-state index in [1.165, 1.54) is 26.4 Å². The molecule has 1 aliphatic rings. The monoisotopic (exact) mass is 380 g/mol. The van der Waals surface area contributed by atoms with E-state index < -0.39 is 6.61 Å². The molecule has 2 rings (SSSR count). The third kappa shape index (κ3) is 5.34. The van der Waals surface area contributed by atoms with E-state index in [4.69, 9.17) is 9.47 Å². The Kier molecular flexibility index (Phi) is 8.18. The molecule has 0 spiro atoms. The molecule has 1 aromatic rings.